The van der Waals surface area contributed by atoms with Gasteiger partial charge in [-0.25, -0.2) is 4.39 Å². The molecule has 2 aromatic rings. The molecule has 1 heterocycles. The number of carbonyl (C=O) groups is 2. The van der Waals surface area contributed by atoms with Gasteiger partial charge in [0.05, 0.1) is 10.8 Å². The minimum atomic E-state index is -0.942. The van der Waals surface area contributed by atoms with Crippen LogP contribution < -0.4 is 0 Å². The van der Waals surface area contributed by atoms with Crippen molar-refractivity contribution in [3.05, 3.63) is 34.5 Å². The molecule has 0 fully saturated rings. The van der Waals surface area contributed by atoms with Crippen LogP contribution in [0.5, 0.6) is 0 Å². The van der Waals surface area contributed by atoms with E-state index < -0.39 is 11.9 Å². The van der Waals surface area contributed by atoms with Crippen LogP contribution in [0.15, 0.2) is 18.2 Å². The molecule has 1 N–H and O–H groups in total. The normalized spacial score (nSPS) is 12.3. The van der Waals surface area contributed by atoms with E-state index in [1.54, 1.807) is 17.9 Å². The van der Waals surface area contributed by atoms with Crippen LogP contribution in [0.2, 0.25) is 0 Å². The Bertz CT molecular complexity index is 789. The SMILES string of the molecule is CCOCCCN(CC(C)C(=O)O)C(=O)c1sc2cc(F)ccc2c1C. The summed E-state index contributed by atoms with van der Waals surface area (Å²) in [6.45, 7) is 6.97. The molecule has 0 radical (unpaired) electrons. The molecule has 0 aliphatic heterocycles. The summed E-state index contributed by atoms with van der Waals surface area (Å²) in [6, 6.07) is 4.47. The minimum absolute atomic E-state index is 0.127. The number of benzene rings is 1. The first-order valence-electron chi connectivity index (χ1n) is 8.63. The van der Waals surface area contributed by atoms with Crippen molar-refractivity contribution in [2.45, 2.75) is 27.2 Å². The van der Waals surface area contributed by atoms with Crippen molar-refractivity contribution in [3.63, 3.8) is 0 Å². The summed E-state index contributed by atoms with van der Waals surface area (Å²) in [7, 11) is 0. The fraction of sp³-hybridized carbons (Fsp3) is 0.474. The second-order valence-electron chi connectivity index (χ2n) is 6.24. The van der Waals surface area contributed by atoms with E-state index in [1.807, 2.05) is 13.8 Å². The van der Waals surface area contributed by atoms with Crippen LogP contribution >= 0.6 is 11.3 Å². The molecule has 26 heavy (non-hydrogen) atoms. The maximum absolute atomic E-state index is 13.5. The predicted molar refractivity (Wildman–Crippen MR) is 100 cm³/mol. The Kier molecular flexibility index (Phi) is 7.11. The fourth-order valence-electron chi connectivity index (χ4n) is 2.73. The summed E-state index contributed by atoms with van der Waals surface area (Å²) in [5.74, 6) is -2.17. The summed E-state index contributed by atoms with van der Waals surface area (Å²) in [5, 5.41) is 10.0. The van der Waals surface area contributed by atoms with Gasteiger partial charge in [0.15, 0.2) is 0 Å². The fourth-order valence-corrected chi connectivity index (χ4v) is 3.94. The lowest BCUT2D eigenvalue weighted by molar-refractivity contribution is -0.141. The second-order valence-corrected chi connectivity index (χ2v) is 7.29. The van der Waals surface area contributed by atoms with Crippen molar-refractivity contribution in [3.8, 4) is 0 Å². The number of carboxylic acids is 1. The Morgan fingerprint density at radius 2 is 2.12 bits per heavy atom. The molecule has 1 aromatic heterocycles. The third kappa shape index (κ3) is 4.80. The van der Waals surface area contributed by atoms with Gasteiger partial charge in [-0.05, 0) is 43.4 Å². The van der Waals surface area contributed by atoms with Crippen LogP contribution in [0.25, 0.3) is 10.1 Å². The Balaban J connectivity index is 2.26. The van der Waals surface area contributed by atoms with Gasteiger partial charge in [-0.1, -0.05) is 13.0 Å². The van der Waals surface area contributed by atoms with Gasteiger partial charge >= 0.3 is 5.97 Å². The zero-order chi connectivity index (χ0) is 19.3. The minimum Gasteiger partial charge on any atom is -0.481 e. The topological polar surface area (TPSA) is 66.8 Å². The second kappa shape index (κ2) is 9.09. The van der Waals surface area contributed by atoms with Crippen molar-refractivity contribution >= 4 is 33.3 Å². The standard InChI is InChI=1S/C19H24FNO4S/c1-4-25-9-5-8-21(11-12(2)19(23)24)18(22)17-13(3)15-7-6-14(20)10-16(15)26-17/h6-7,10,12H,4-5,8-9,11H2,1-3H3,(H,23,24). The van der Waals surface area contributed by atoms with Crippen LogP contribution in [0.1, 0.15) is 35.5 Å². The van der Waals surface area contributed by atoms with Gasteiger partial charge in [-0.2, -0.15) is 0 Å². The van der Waals surface area contributed by atoms with Crippen molar-refractivity contribution in [1.29, 1.82) is 0 Å². The first-order chi connectivity index (χ1) is 12.3. The Morgan fingerprint density at radius 1 is 1.38 bits per heavy atom. The van der Waals surface area contributed by atoms with Gasteiger partial charge in [-0.3, -0.25) is 9.59 Å². The number of carbonyl (C=O) groups excluding carboxylic acids is 1. The first-order valence-corrected chi connectivity index (χ1v) is 9.45. The van der Waals surface area contributed by atoms with Crippen molar-refractivity contribution in [2.24, 2.45) is 5.92 Å². The van der Waals surface area contributed by atoms with Crippen molar-refractivity contribution in [1.82, 2.24) is 4.90 Å². The van der Waals surface area contributed by atoms with Crippen LogP contribution in [0.4, 0.5) is 4.39 Å². The maximum atomic E-state index is 13.5. The zero-order valence-corrected chi connectivity index (χ0v) is 16.1. The molecule has 142 valence electrons. The third-order valence-electron chi connectivity index (χ3n) is 4.22. The number of nitrogens with zero attached hydrogens (tertiary/aromatic N) is 1. The van der Waals surface area contributed by atoms with Gasteiger partial charge < -0.3 is 14.7 Å². The number of hydrogen-bond donors (Lipinski definition) is 1. The molecule has 5 nitrogen and oxygen atoms in total. The van der Waals surface area contributed by atoms with E-state index >= 15 is 0 Å². The Labute approximate surface area is 156 Å². The number of amides is 1. The maximum Gasteiger partial charge on any atom is 0.308 e. The Hall–Kier alpha value is -1.99. The van der Waals surface area contributed by atoms with Gasteiger partial charge in [0.25, 0.3) is 5.91 Å². The van der Waals surface area contributed by atoms with E-state index in [4.69, 9.17) is 4.74 Å². The molecule has 1 atom stereocenters. The average Bonchev–Trinajstić information content (AvgIpc) is 2.92. The molecule has 1 unspecified atom stereocenters. The molecule has 0 spiro atoms. The number of rotatable bonds is 9. The first kappa shape index (κ1) is 20.3. The molecule has 0 aliphatic carbocycles. The van der Waals surface area contributed by atoms with Gasteiger partial charge in [-0.15, -0.1) is 11.3 Å². The van der Waals surface area contributed by atoms with E-state index in [0.29, 0.717) is 35.8 Å². The number of aryl methyl sites for hydroxylation is 1. The number of hydrogen-bond acceptors (Lipinski definition) is 4. The molecule has 7 heteroatoms. The van der Waals surface area contributed by atoms with E-state index in [1.165, 1.54) is 23.5 Å². The smallest absolute Gasteiger partial charge is 0.308 e. The molecule has 0 aliphatic rings. The van der Waals surface area contributed by atoms with Crippen molar-refractivity contribution in [2.75, 3.05) is 26.3 Å². The average molecular weight is 381 g/mol. The molecule has 0 bridgehead atoms. The lowest BCUT2D eigenvalue weighted by Gasteiger charge is -2.24. The van der Waals surface area contributed by atoms with E-state index in [2.05, 4.69) is 0 Å². The predicted octanol–water partition coefficient (Wildman–Crippen LogP) is 3.94. The molecule has 0 saturated carbocycles. The lowest BCUT2D eigenvalue weighted by atomic mass is 10.1. The van der Waals surface area contributed by atoms with E-state index in [-0.39, 0.29) is 18.3 Å². The molecule has 2 rings (SSSR count). The summed E-state index contributed by atoms with van der Waals surface area (Å²) in [5.41, 5.74) is 0.799. The third-order valence-corrected chi connectivity index (χ3v) is 5.46. The van der Waals surface area contributed by atoms with Crippen LogP contribution in [0.3, 0.4) is 0 Å². The van der Waals surface area contributed by atoms with E-state index in [9.17, 15) is 19.1 Å². The number of fused-ring (bicyclic) bond motifs is 1. The summed E-state index contributed by atoms with van der Waals surface area (Å²) < 4.78 is 19.5. The highest BCUT2D eigenvalue weighted by atomic mass is 32.1. The number of halogens is 1. The number of aliphatic carboxylic acids is 1. The highest BCUT2D eigenvalue weighted by Crippen LogP contribution is 2.32. The highest BCUT2D eigenvalue weighted by molar-refractivity contribution is 7.21. The summed E-state index contributed by atoms with van der Waals surface area (Å²) in [4.78, 5) is 26.4. The molecule has 0 saturated heterocycles. The summed E-state index contributed by atoms with van der Waals surface area (Å²) in [6.07, 6.45) is 0.629. The van der Waals surface area contributed by atoms with Crippen molar-refractivity contribution < 1.29 is 23.8 Å². The molecular weight excluding hydrogens is 357 g/mol. The van der Waals surface area contributed by atoms with E-state index in [0.717, 1.165) is 10.9 Å². The lowest BCUT2D eigenvalue weighted by Crippen LogP contribution is -2.38. The molecule has 1 amide bonds. The van der Waals surface area contributed by atoms with Gasteiger partial charge in [0, 0.05) is 31.0 Å². The Morgan fingerprint density at radius 3 is 2.77 bits per heavy atom. The number of thiophene rings is 1. The number of carboxylic acid groups (broad SMARTS) is 1. The van der Waals surface area contributed by atoms with Crippen LogP contribution in [0, 0.1) is 18.7 Å². The zero-order valence-electron chi connectivity index (χ0n) is 15.3. The largest absolute Gasteiger partial charge is 0.481 e. The van der Waals surface area contributed by atoms with Gasteiger partial charge in [0.1, 0.15) is 5.82 Å². The molecule has 1 aromatic carbocycles. The highest BCUT2D eigenvalue weighted by Gasteiger charge is 2.25. The number of ether oxygens (including phenoxy) is 1. The quantitative estimate of drug-likeness (QED) is 0.668. The summed E-state index contributed by atoms with van der Waals surface area (Å²) >= 11 is 1.24. The van der Waals surface area contributed by atoms with Crippen LogP contribution in [-0.2, 0) is 9.53 Å². The monoisotopic (exact) mass is 381 g/mol. The molecular formula is C19H24FNO4S. The van der Waals surface area contributed by atoms with Gasteiger partial charge in [0.2, 0.25) is 0 Å². The van der Waals surface area contributed by atoms with Crippen LogP contribution in [-0.4, -0.2) is 48.2 Å².